The highest BCUT2D eigenvalue weighted by Crippen LogP contribution is 2.27. The third kappa shape index (κ3) is 4.52. The number of nitrogens with zero attached hydrogens (tertiary/aromatic N) is 1. The number of rotatable bonds is 8. The average Bonchev–Trinajstić information content (AvgIpc) is 2.17. The predicted octanol–water partition coefficient (Wildman–Crippen LogP) is 2.01. The van der Waals surface area contributed by atoms with Crippen LogP contribution in [0.1, 0.15) is 46.0 Å². The standard InChI is InChI=1S/C13H26N2O/c1-3-4-5-6-7-11(2)12-8-15(9-12)10-13(14)16/h11-12H,3-10H2,1-2H3,(H2,14,16). The van der Waals surface area contributed by atoms with Gasteiger partial charge in [-0.25, -0.2) is 0 Å². The number of hydrogen-bond donors (Lipinski definition) is 1. The molecule has 0 aromatic carbocycles. The van der Waals surface area contributed by atoms with Crippen LogP contribution in [0.4, 0.5) is 0 Å². The first-order valence-corrected chi connectivity index (χ1v) is 6.64. The Morgan fingerprint density at radius 3 is 2.62 bits per heavy atom. The van der Waals surface area contributed by atoms with E-state index in [4.69, 9.17) is 5.73 Å². The highest BCUT2D eigenvalue weighted by Gasteiger charge is 2.31. The van der Waals surface area contributed by atoms with Gasteiger partial charge in [-0.1, -0.05) is 46.0 Å². The molecule has 1 saturated heterocycles. The zero-order valence-electron chi connectivity index (χ0n) is 10.7. The lowest BCUT2D eigenvalue weighted by Gasteiger charge is -2.42. The van der Waals surface area contributed by atoms with Gasteiger partial charge in [0.2, 0.25) is 5.91 Å². The number of carbonyl (C=O) groups excluding carboxylic acids is 1. The molecule has 1 aliphatic rings. The molecule has 0 saturated carbocycles. The predicted molar refractivity (Wildman–Crippen MR) is 67.0 cm³/mol. The molecular weight excluding hydrogens is 200 g/mol. The lowest BCUT2D eigenvalue weighted by molar-refractivity contribution is -0.121. The molecule has 3 nitrogen and oxygen atoms in total. The minimum absolute atomic E-state index is 0.200. The molecule has 3 heteroatoms. The van der Waals surface area contributed by atoms with Crippen LogP contribution >= 0.6 is 0 Å². The van der Waals surface area contributed by atoms with Crippen molar-refractivity contribution in [2.75, 3.05) is 19.6 Å². The SMILES string of the molecule is CCCCCCC(C)C1CN(CC(N)=O)C1. The van der Waals surface area contributed by atoms with E-state index < -0.39 is 0 Å². The zero-order chi connectivity index (χ0) is 12.0. The van der Waals surface area contributed by atoms with Crippen molar-refractivity contribution >= 4 is 5.91 Å². The maximum absolute atomic E-state index is 10.7. The summed E-state index contributed by atoms with van der Waals surface area (Å²) >= 11 is 0. The summed E-state index contributed by atoms with van der Waals surface area (Å²) in [6, 6.07) is 0. The Kier molecular flexibility index (Phi) is 5.81. The van der Waals surface area contributed by atoms with Gasteiger partial charge < -0.3 is 5.73 Å². The summed E-state index contributed by atoms with van der Waals surface area (Å²) in [6.45, 7) is 7.17. The van der Waals surface area contributed by atoms with Crippen LogP contribution in [0.3, 0.4) is 0 Å². The van der Waals surface area contributed by atoms with Crippen molar-refractivity contribution in [1.29, 1.82) is 0 Å². The summed E-state index contributed by atoms with van der Waals surface area (Å²) < 4.78 is 0. The molecule has 0 aromatic rings. The Labute approximate surface area is 99.4 Å². The number of amides is 1. The summed E-state index contributed by atoms with van der Waals surface area (Å²) in [7, 11) is 0. The second kappa shape index (κ2) is 6.89. The van der Waals surface area contributed by atoms with Crippen LogP contribution in [0.25, 0.3) is 0 Å². The van der Waals surface area contributed by atoms with Crippen molar-refractivity contribution in [3.05, 3.63) is 0 Å². The number of hydrogen-bond acceptors (Lipinski definition) is 2. The minimum atomic E-state index is -0.200. The van der Waals surface area contributed by atoms with Crippen molar-refractivity contribution in [2.24, 2.45) is 17.6 Å². The largest absolute Gasteiger partial charge is 0.369 e. The summed E-state index contributed by atoms with van der Waals surface area (Å²) in [5, 5.41) is 0. The van der Waals surface area contributed by atoms with Crippen LogP contribution in [0.5, 0.6) is 0 Å². The second-order valence-corrected chi connectivity index (χ2v) is 5.25. The van der Waals surface area contributed by atoms with Gasteiger partial charge >= 0.3 is 0 Å². The summed E-state index contributed by atoms with van der Waals surface area (Å²) in [5.41, 5.74) is 5.16. The molecular formula is C13H26N2O. The number of nitrogens with two attached hydrogens (primary N) is 1. The van der Waals surface area contributed by atoms with Gasteiger partial charge in [0.1, 0.15) is 0 Å². The number of unbranched alkanes of at least 4 members (excludes halogenated alkanes) is 3. The summed E-state index contributed by atoms with van der Waals surface area (Å²) in [6.07, 6.45) is 6.75. The molecule has 0 bridgehead atoms. The van der Waals surface area contributed by atoms with Gasteiger partial charge in [-0.2, -0.15) is 0 Å². The second-order valence-electron chi connectivity index (χ2n) is 5.25. The highest BCUT2D eigenvalue weighted by atomic mass is 16.1. The third-order valence-corrected chi connectivity index (χ3v) is 3.68. The van der Waals surface area contributed by atoms with Gasteiger partial charge in [0.05, 0.1) is 6.54 Å². The fraction of sp³-hybridized carbons (Fsp3) is 0.923. The minimum Gasteiger partial charge on any atom is -0.369 e. The van der Waals surface area contributed by atoms with Crippen LogP contribution < -0.4 is 5.73 Å². The van der Waals surface area contributed by atoms with Crippen molar-refractivity contribution in [1.82, 2.24) is 4.90 Å². The topological polar surface area (TPSA) is 46.3 Å². The fourth-order valence-corrected chi connectivity index (χ4v) is 2.45. The molecule has 16 heavy (non-hydrogen) atoms. The Morgan fingerprint density at radius 1 is 1.38 bits per heavy atom. The van der Waals surface area contributed by atoms with Crippen LogP contribution in [0, 0.1) is 11.8 Å². The molecule has 1 heterocycles. The van der Waals surface area contributed by atoms with E-state index >= 15 is 0 Å². The molecule has 0 spiro atoms. The van der Waals surface area contributed by atoms with E-state index in [0.29, 0.717) is 6.54 Å². The van der Waals surface area contributed by atoms with E-state index in [1.807, 2.05) is 0 Å². The van der Waals surface area contributed by atoms with E-state index in [-0.39, 0.29) is 5.91 Å². The average molecular weight is 226 g/mol. The van der Waals surface area contributed by atoms with E-state index in [0.717, 1.165) is 24.9 Å². The number of carbonyl (C=O) groups is 1. The first-order chi connectivity index (χ1) is 7.63. The molecule has 1 amide bonds. The van der Waals surface area contributed by atoms with Gasteiger partial charge in [0.25, 0.3) is 0 Å². The Bertz CT molecular complexity index is 212. The van der Waals surface area contributed by atoms with Crippen molar-refractivity contribution in [3.63, 3.8) is 0 Å². The number of primary amides is 1. The monoisotopic (exact) mass is 226 g/mol. The molecule has 1 unspecified atom stereocenters. The molecule has 2 N–H and O–H groups in total. The van der Waals surface area contributed by atoms with Gasteiger partial charge in [0, 0.05) is 13.1 Å². The molecule has 1 rings (SSSR count). The van der Waals surface area contributed by atoms with Crippen molar-refractivity contribution < 1.29 is 4.79 Å². The normalized spacial score (nSPS) is 19.4. The summed E-state index contributed by atoms with van der Waals surface area (Å²) in [4.78, 5) is 12.9. The Morgan fingerprint density at radius 2 is 2.06 bits per heavy atom. The van der Waals surface area contributed by atoms with Crippen LogP contribution in [0.2, 0.25) is 0 Å². The first kappa shape index (κ1) is 13.5. The molecule has 1 fully saturated rings. The quantitative estimate of drug-likeness (QED) is 0.644. The van der Waals surface area contributed by atoms with Crippen molar-refractivity contribution in [3.8, 4) is 0 Å². The zero-order valence-corrected chi connectivity index (χ0v) is 10.7. The smallest absolute Gasteiger partial charge is 0.231 e. The van der Waals surface area contributed by atoms with Gasteiger partial charge in [-0.05, 0) is 11.8 Å². The molecule has 0 aliphatic carbocycles. The van der Waals surface area contributed by atoms with Crippen molar-refractivity contribution in [2.45, 2.75) is 46.0 Å². The summed E-state index contributed by atoms with van der Waals surface area (Å²) in [5.74, 6) is 1.40. The fourth-order valence-electron chi connectivity index (χ4n) is 2.45. The lowest BCUT2D eigenvalue weighted by atomic mass is 9.83. The molecule has 94 valence electrons. The van der Waals surface area contributed by atoms with E-state index in [9.17, 15) is 4.79 Å². The van der Waals surface area contributed by atoms with Crippen LogP contribution in [-0.4, -0.2) is 30.4 Å². The van der Waals surface area contributed by atoms with E-state index in [1.165, 1.54) is 32.1 Å². The van der Waals surface area contributed by atoms with Gasteiger partial charge in [0.15, 0.2) is 0 Å². The molecule has 1 aliphatic heterocycles. The first-order valence-electron chi connectivity index (χ1n) is 6.64. The third-order valence-electron chi connectivity index (χ3n) is 3.68. The highest BCUT2D eigenvalue weighted by molar-refractivity contribution is 5.76. The van der Waals surface area contributed by atoms with E-state index in [2.05, 4.69) is 18.7 Å². The Hall–Kier alpha value is -0.570. The molecule has 1 atom stereocenters. The van der Waals surface area contributed by atoms with E-state index in [1.54, 1.807) is 0 Å². The molecule has 0 aromatic heterocycles. The maximum atomic E-state index is 10.7. The lowest BCUT2D eigenvalue weighted by Crippen LogP contribution is -2.52. The Balaban J connectivity index is 2.03. The van der Waals surface area contributed by atoms with Gasteiger partial charge in [-0.15, -0.1) is 0 Å². The molecule has 0 radical (unpaired) electrons. The van der Waals surface area contributed by atoms with Crippen LogP contribution in [0.15, 0.2) is 0 Å². The van der Waals surface area contributed by atoms with Crippen LogP contribution in [-0.2, 0) is 4.79 Å². The maximum Gasteiger partial charge on any atom is 0.231 e. The number of likely N-dealkylation sites (tertiary alicyclic amines) is 1. The van der Waals surface area contributed by atoms with Gasteiger partial charge in [-0.3, -0.25) is 9.69 Å².